The third-order valence-electron chi connectivity index (χ3n) is 2.09. The van der Waals surface area contributed by atoms with E-state index in [4.69, 9.17) is 0 Å². The molecule has 1 heteroatoms. The fraction of sp³-hybridized carbons (Fsp3) is 0.273. The van der Waals surface area contributed by atoms with Crippen molar-refractivity contribution in [2.45, 2.75) is 20.3 Å². The first-order chi connectivity index (χ1) is 5.69. The Kier molecular flexibility index (Phi) is 2.54. The normalized spacial score (nSPS) is 9.83. The highest BCUT2D eigenvalue weighted by Gasteiger charge is 2.01. The van der Waals surface area contributed by atoms with Gasteiger partial charge in [0.1, 0.15) is 5.75 Å². The maximum absolute atomic E-state index is 9.44. The van der Waals surface area contributed by atoms with Gasteiger partial charge in [0.2, 0.25) is 0 Å². The Morgan fingerprint density at radius 2 is 2.17 bits per heavy atom. The Bertz CT molecular complexity index is 300. The van der Waals surface area contributed by atoms with Crippen molar-refractivity contribution >= 4 is 6.08 Å². The van der Waals surface area contributed by atoms with Gasteiger partial charge in [-0.1, -0.05) is 19.6 Å². The van der Waals surface area contributed by atoms with Crippen LogP contribution in [0.1, 0.15) is 23.6 Å². The molecule has 0 unspecified atom stereocenters. The van der Waals surface area contributed by atoms with Crippen LogP contribution in [0.2, 0.25) is 0 Å². The van der Waals surface area contributed by atoms with E-state index in [-0.39, 0.29) is 0 Å². The standard InChI is InChI=1S/C11H14O/c1-4-9-7-10(5-2)11(12)6-8(9)3/h5-7,12H,2,4H2,1,3H3. The molecule has 12 heavy (non-hydrogen) atoms. The molecule has 1 N–H and O–H groups in total. The lowest BCUT2D eigenvalue weighted by Gasteiger charge is -2.06. The van der Waals surface area contributed by atoms with Crippen molar-refractivity contribution in [1.29, 1.82) is 0 Å². The van der Waals surface area contributed by atoms with E-state index in [0.29, 0.717) is 5.75 Å². The molecule has 0 fully saturated rings. The predicted octanol–water partition coefficient (Wildman–Crippen LogP) is 2.91. The number of phenols is 1. The van der Waals surface area contributed by atoms with Gasteiger partial charge in [0.15, 0.2) is 0 Å². The molecule has 0 bridgehead atoms. The number of hydrogen-bond donors (Lipinski definition) is 1. The van der Waals surface area contributed by atoms with Gasteiger partial charge >= 0.3 is 0 Å². The lowest BCUT2D eigenvalue weighted by molar-refractivity contribution is 0.473. The fourth-order valence-electron chi connectivity index (χ4n) is 1.30. The summed E-state index contributed by atoms with van der Waals surface area (Å²) in [4.78, 5) is 0. The number of rotatable bonds is 2. The highest BCUT2D eigenvalue weighted by molar-refractivity contribution is 5.57. The number of aromatic hydroxyl groups is 1. The van der Waals surface area contributed by atoms with Crippen LogP contribution in [-0.2, 0) is 6.42 Å². The van der Waals surface area contributed by atoms with Gasteiger partial charge in [-0.05, 0) is 36.6 Å². The number of aryl methyl sites for hydroxylation is 2. The van der Waals surface area contributed by atoms with Gasteiger partial charge in [0.25, 0.3) is 0 Å². The van der Waals surface area contributed by atoms with Crippen molar-refractivity contribution in [1.82, 2.24) is 0 Å². The highest BCUT2D eigenvalue weighted by atomic mass is 16.3. The number of benzene rings is 1. The highest BCUT2D eigenvalue weighted by Crippen LogP contribution is 2.23. The molecule has 1 aromatic rings. The predicted molar refractivity (Wildman–Crippen MR) is 52.3 cm³/mol. The molecule has 64 valence electrons. The third-order valence-corrected chi connectivity index (χ3v) is 2.09. The monoisotopic (exact) mass is 162 g/mol. The maximum Gasteiger partial charge on any atom is 0.123 e. The van der Waals surface area contributed by atoms with E-state index in [9.17, 15) is 5.11 Å². The molecule has 0 atom stereocenters. The van der Waals surface area contributed by atoms with Crippen molar-refractivity contribution in [3.05, 3.63) is 35.4 Å². The van der Waals surface area contributed by atoms with Crippen LogP contribution < -0.4 is 0 Å². The second-order valence-corrected chi connectivity index (χ2v) is 2.90. The molecular formula is C11H14O. The van der Waals surface area contributed by atoms with Gasteiger partial charge in [-0.2, -0.15) is 0 Å². The van der Waals surface area contributed by atoms with Crippen LogP contribution >= 0.6 is 0 Å². The summed E-state index contributed by atoms with van der Waals surface area (Å²) in [6.07, 6.45) is 2.67. The molecule has 1 nitrogen and oxygen atoms in total. The van der Waals surface area contributed by atoms with Gasteiger partial charge in [-0.15, -0.1) is 0 Å². The van der Waals surface area contributed by atoms with Crippen molar-refractivity contribution in [3.63, 3.8) is 0 Å². The Morgan fingerprint density at radius 3 is 2.67 bits per heavy atom. The van der Waals surface area contributed by atoms with E-state index >= 15 is 0 Å². The van der Waals surface area contributed by atoms with E-state index in [1.54, 1.807) is 12.1 Å². The summed E-state index contributed by atoms with van der Waals surface area (Å²) in [6, 6.07) is 3.77. The largest absolute Gasteiger partial charge is 0.507 e. The molecule has 0 heterocycles. The van der Waals surface area contributed by atoms with Crippen LogP contribution in [0.15, 0.2) is 18.7 Å². The molecule has 0 aliphatic heterocycles. The van der Waals surface area contributed by atoms with Crippen molar-refractivity contribution in [2.24, 2.45) is 0 Å². The second kappa shape index (κ2) is 3.44. The van der Waals surface area contributed by atoms with Gasteiger partial charge < -0.3 is 5.11 Å². The van der Waals surface area contributed by atoms with Crippen LogP contribution in [0.25, 0.3) is 6.08 Å². The zero-order valence-corrected chi connectivity index (χ0v) is 7.59. The molecule has 0 spiro atoms. The Labute approximate surface area is 73.4 Å². The lowest BCUT2D eigenvalue weighted by Crippen LogP contribution is -1.87. The Balaban J connectivity index is 3.26. The third kappa shape index (κ3) is 1.50. The summed E-state index contributed by atoms with van der Waals surface area (Å²) in [5.41, 5.74) is 3.22. The first-order valence-corrected chi connectivity index (χ1v) is 4.14. The minimum absolute atomic E-state index is 0.319. The molecule has 0 aliphatic rings. The molecule has 0 amide bonds. The number of hydrogen-bond acceptors (Lipinski definition) is 1. The van der Waals surface area contributed by atoms with Crippen LogP contribution in [-0.4, -0.2) is 5.11 Å². The minimum atomic E-state index is 0.319. The average Bonchev–Trinajstić information content (AvgIpc) is 2.05. The average molecular weight is 162 g/mol. The van der Waals surface area contributed by atoms with Gasteiger partial charge in [0.05, 0.1) is 0 Å². The summed E-state index contributed by atoms with van der Waals surface area (Å²) >= 11 is 0. The molecule has 1 rings (SSSR count). The van der Waals surface area contributed by atoms with Gasteiger partial charge in [-0.25, -0.2) is 0 Å². The second-order valence-electron chi connectivity index (χ2n) is 2.90. The topological polar surface area (TPSA) is 20.2 Å². The van der Waals surface area contributed by atoms with Crippen molar-refractivity contribution in [3.8, 4) is 5.75 Å². The summed E-state index contributed by atoms with van der Waals surface area (Å²) in [6.45, 7) is 7.75. The van der Waals surface area contributed by atoms with Crippen LogP contribution in [0.4, 0.5) is 0 Å². The first-order valence-electron chi connectivity index (χ1n) is 4.14. The maximum atomic E-state index is 9.44. The van der Waals surface area contributed by atoms with E-state index in [2.05, 4.69) is 13.5 Å². The lowest BCUT2D eigenvalue weighted by atomic mass is 10.0. The Hall–Kier alpha value is -1.24. The summed E-state index contributed by atoms with van der Waals surface area (Å²) in [7, 11) is 0. The number of phenolic OH excluding ortho intramolecular Hbond substituents is 1. The van der Waals surface area contributed by atoms with Crippen LogP contribution in [0.5, 0.6) is 5.75 Å². The Morgan fingerprint density at radius 1 is 1.50 bits per heavy atom. The molecule has 1 aromatic carbocycles. The van der Waals surface area contributed by atoms with E-state index in [0.717, 1.165) is 17.5 Å². The summed E-state index contributed by atoms with van der Waals surface area (Å²) in [5, 5.41) is 9.44. The molecular weight excluding hydrogens is 148 g/mol. The van der Waals surface area contributed by atoms with Gasteiger partial charge in [-0.3, -0.25) is 0 Å². The summed E-state index contributed by atoms with van der Waals surface area (Å²) < 4.78 is 0. The molecule has 0 saturated carbocycles. The van der Waals surface area contributed by atoms with E-state index in [1.807, 2.05) is 13.0 Å². The fourth-order valence-corrected chi connectivity index (χ4v) is 1.30. The van der Waals surface area contributed by atoms with Gasteiger partial charge in [0, 0.05) is 5.56 Å². The zero-order chi connectivity index (χ0) is 9.14. The molecule has 0 saturated heterocycles. The van der Waals surface area contributed by atoms with E-state index in [1.165, 1.54) is 5.56 Å². The van der Waals surface area contributed by atoms with E-state index < -0.39 is 0 Å². The molecule has 0 aromatic heterocycles. The van der Waals surface area contributed by atoms with Crippen LogP contribution in [0, 0.1) is 6.92 Å². The van der Waals surface area contributed by atoms with Crippen molar-refractivity contribution in [2.75, 3.05) is 0 Å². The SMILES string of the molecule is C=Cc1cc(CC)c(C)cc1O. The first kappa shape index (κ1) is 8.85. The molecule has 0 radical (unpaired) electrons. The minimum Gasteiger partial charge on any atom is -0.507 e. The van der Waals surface area contributed by atoms with Crippen LogP contribution in [0.3, 0.4) is 0 Å². The molecule has 0 aliphatic carbocycles. The zero-order valence-electron chi connectivity index (χ0n) is 7.59. The van der Waals surface area contributed by atoms with Crippen molar-refractivity contribution < 1.29 is 5.11 Å². The smallest absolute Gasteiger partial charge is 0.123 e. The quantitative estimate of drug-likeness (QED) is 0.709. The summed E-state index contributed by atoms with van der Waals surface area (Å²) in [5.74, 6) is 0.319.